The van der Waals surface area contributed by atoms with Crippen molar-refractivity contribution in [2.45, 2.75) is 253 Å². The van der Waals surface area contributed by atoms with E-state index in [1.54, 1.807) is 27.7 Å². The molecule has 0 spiro atoms. The van der Waals surface area contributed by atoms with Crippen molar-refractivity contribution in [3.8, 4) is 0 Å². The second kappa shape index (κ2) is 32.8. The Bertz CT molecular complexity index is 2340. The van der Waals surface area contributed by atoms with Crippen molar-refractivity contribution < 1.29 is 62.6 Å². The van der Waals surface area contributed by atoms with Gasteiger partial charge in [-0.2, -0.15) is 0 Å². The molecule has 2 heterocycles. The van der Waals surface area contributed by atoms with Crippen LogP contribution in [0.3, 0.4) is 0 Å². The van der Waals surface area contributed by atoms with Gasteiger partial charge < -0.3 is 68.5 Å². The zero-order chi connectivity index (χ0) is 64.4. The molecule has 0 unspecified atom stereocenters. The standard InChI is InChI=1S/C59H104N12O13/c1-18-35(9)45(65-47(75)39(24-25-44(60)74)64-54(82)57(12,13)67-37(11)73)52(80)66-46(36(10)19-2)53(81)69-59(16,17)56(84)71-27-21-23-43(71)51(79)63-40(29-33(5)6)48(76)62-41(30-34(7)8)49(77)68-58(14,15)55(83)70-26-20-22-42(70)50(78)61-38(31-72)28-32(3)4/h32-36,38-43,45-46,72H,18-31H2,1-17H3,(H2,60,74)(H,61,78)(H,62,76)(H,63,79)(H,64,82)(H,65,75)(H,66,80)(H,67,73)(H,68,77)(H,69,81)/t35-,36-,38-,39-,40-,41-,42-,43-,45-,46-/m0/s1. The van der Waals surface area contributed by atoms with Crippen LogP contribution in [0.5, 0.6) is 0 Å². The maximum atomic E-state index is 14.6. The molecule has 2 fully saturated rings. The molecule has 25 nitrogen and oxygen atoms in total. The number of carbonyl (C=O) groups is 12. The Balaban J connectivity index is 2.33. The molecule has 84 heavy (non-hydrogen) atoms. The zero-order valence-corrected chi connectivity index (χ0v) is 53.2. The van der Waals surface area contributed by atoms with E-state index < -0.39 is 142 Å². The van der Waals surface area contributed by atoms with Crippen molar-refractivity contribution in [1.82, 2.24) is 57.7 Å². The number of carbonyl (C=O) groups excluding carboxylic acids is 12. The van der Waals surface area contributed by atoms with Gasteiger partial charge in [-0.05, 0) is 122 Å². The molecule has 25 heteroatoms. The van der Waals surface area contributed by atoms with E-state index in [1.807, 2.05) is 41.5 Å². The smallest absolute Gasteiger partial charge is 0.248 e. The Morgan fingerprint density at radius 2 is 0.929 bits per heavy atom. The monoisotopic (exact) mass is 1190 g/mol. The quantitative estimate of drug-likeness (QED) is 0.0439. The molecular formula is C59H104N12O13. The summed E-state index contributed by atoms with van der Waals surface area (Å²) in [5.74, 6) is -8.76. The van der Waals surface area contributed by atoms with E-state index in [9.17, 15) is 62.6 Å². The predicted molar refractivity (Wildman–Crippen MR) is 316 cm³/mol. The van der Waals surface area contributed by atoms with Gasteiger partial charge in [-0.1, -0.05) is 82.1 Å². The van der Waals surface area contributed by atoms with Crippen LogP contribution in [0.1, 0.15) is 188 Å². The van der Waals surface area contributed by atoms with Crippen molar-refractivity contribution in [2.75, 3.05) is 19.7 Å². The highest BCUT2D eigenvalue weighted by atomic mass is 16.3. The van der Waals surface area contributed by atoms with E-state index in [-0.39, 0.29) is 75.5 Å². The molecule has 0 bridgehead atoms. The van der Waals surface area contributed by atoms with Gasteiger partial charge in [-0.15, -0.1) is 0 Å². The van der Waals surface area contributed by atoms with E-state index in [4.69, 9.17) is 5.73 Å². The molecule has 478 valence electrons. The van der Waals surface area contributed by atoms with Crippen LogP contribution in [0.2, 0.25) is 0 Å². The Morgan fingerprint density at radius 3 is 1.36 bits per heavy atom. The molecule has 2 aliphatic rings. The molecule has 0 saturated carbocycles. The topological polar surface area (TPSA) is 366 Å². The van der Waals surface area contributed by atoms with Gasteiger partial charge in [0.05, 0.1) is 12.6 Å². The number of primary amides is 1. The van der Waals surface area contributed by atoms with E-state index >= 15 is 0 Å². The number of rotatable bonds is 33. The van der Waals surface area contributed by atoms with Crippen LogP contribution < -0.4 is 53.6 Å². The maximum absolute atomic E-state index is 14.6. The lowest BCUT2D eigenvalue weighted by molar-refractivity contribution is -0.146. The first-order chi connectivity index (χ1) is 38.8. The second-order valence-electron chi connectivity index (χ2n) is 26.0. The number of nitrogens with two attached hydrogens (primary N) is 1. The second-order valence-corrected chi connectivity index (χ2v) is 26.0. The van der Waals surface area contributed by atoms with Crippen LogP contribution in [0.4, 0.5) is 0 Å². The summed E-state index contributed by atoms with van der Waals surface area (Å²) in [5.41, 5.74) is 0.763. The Hall–Kier alpha value is -6.40. The molecule has 2 rings (SSSR count). The van der Waals surface area contributed by atoms with Gasteiger partial charge in [0.15, 0.2) is 0 Å². The minimum absolute atomic E-state index is 0.109. The van der Waals surface area contributed by atoms with Crippen molar-refractivity contribution in [2.24, 2.45) is 35.3 Å². The molecule has 0 aromatic carbocycles. The molecule has 12 amide bonds. The summed E-state index contributed by atoms with van der Waals surface area (Å²) in [4.78, 5) is 167. The van der Waals surface area contributed by atoms with E-state index in [1.165, 1.54) is 58.3 Å². The largest absolute Gasteiger partial charge is 0.394 e. The summed E-state index contributed by atoms with van der Waals surface area (Å²) < 4.78 is 0. The lowest BCUT2D eigenvalue weighted by Crippen LogP contribution is -2.64. The summed E-state index contributed by atoms with van der Waals surface area (Å²) >= 11 is 0. The number of nitrogens with one attached hydrogen (secondary N) is 9. The van der Waals surface area contributed by atoms with Crippen LogP contribution in [0, 0.1) is 29.6 Å². The van der Waals surface area contributed by atoms with Gasteiger partial charge in [0.25, 0.3) is 0 Å². The summed E-state index contributed by atoms with van der Waals surface area (Å²) in [5, 5.41) is 34.6. The van der Waals surface area contributed by atoms with E-state index in [0.717, 1.165) is 0 Å². The highest BCUT2D eigenvalue weighted by Crippen LogP contribution is 2.25. The molecule has 0 radical (unpaired) electrons. The molecule has 2 aliphatic heterocycles. The first kappa shape index (κ1) is 73.7. The number of hydrogen-bond donors (Lipinski definition) is 11. The Morgan fingerprint density at radius 1 is 0.512 bits per heavy atom. The number of aliphatic hydroxyl groups is 1. The van der Waals surface area contributed by atoms with Gasteiger partial charge in [0.2, 0.25) is 70.9 Å². The molecule has 10 atom stereocenters. The molecular weight excluding hydrogens is 1080 g/mol. The molecule has 0 aromatic heterocycles. The fourth-order valence-corrected chi connectivity index (χ4v) is 10.5. The third-order valence-corrected chi connectivity index (χ3v) is 15.5. The Kier molecular flexibility index (Phi) is 28.7. The van der Waals surface area contributed by atoms with Crippen molar-refractivity contribution >= 4 is 70.9 Å². The lowest BCUT2D eigenvalue weighted by atomic mass is 9.93. The number of hydrogen-bond acceptors (Lipinski definition) is 13. The van der Waals surface area contributed by atoms with Gasteiger partial charge >= 0.3 is 0 Å². The van der Waals surface area contributed by atoms with Gasteiger partial charge in [-0.25, -0.2) is 0 Å². The summed E-state index contributed by atoms with van der Waals surface area (Å²) in [6.07, 6.45) is 2.74. The SMILES string of the molecule is CC[C@H](C)[C@H](NC(=O)[C@H](CCC(N)=O)NC(=O)C(C)(C)NC(C)=O)C(=O)N[C@H](C(=O)NC(C)(C)C(=O)N1CCC[C@H]1C(=O)N[C@@H](CC(C)C)C(=O)N[C@@H](CC(C)C)C(=O)NC(C)(C)C(=O)N1CCC[C@H]1C(=O)N[C@H](CO)CC(C)C)[C@@H](C)CC. The van der Waals surface area contributed by atoms with Crippen LogP contribution >= 0.6 is 0 Å². The van der Waals surface area contributed by atoms with E-state index in [0.29, 0.717) is 38.5 Å². The number of aliphatic hydroxyl groups excluding tert-OH is 1. The fourth-order valence-electron chi connectivity index (χ4n) is 10.5. The van der Waals surface area contributed by atoms with Crippen LogP contribution in [0.15, 0.2) is 0 Å². The molecule has 0 aliphatic carbocycles. The Labute approximate surface area is 497 Å². The van der Waals surface area contributed by atoms with Gasteiger partial charge in [-0.3, -0.25) is 57.5 Å². The van der Waals surface area contributed by atoms with E-state index in [2.05, 4.69) is 47.9 Å². The zero-order valence-electron chi connectivity index (χ0n) is 53.2. The number of likely N-dealkylation sites (tertiary alicyclic amines) is 2. The van der Waals surface area contributed by atoms with Crippen LogP contribution in [-0.4, -0.2) is 170 Å². The minimum atomic E-state index is -1.66. The summed E-state index contributed by atoms with van der Waals surface area (Å²) in [6, 6.07) is -8.49. The van der Waals surface area contributed by atoms with Gasteiger partial charge in [0.1, 0.15) is 58.9 Å². The highest BCUT2D eigenvalue weighted by Gasteiger charge is 2.46. The average Bonchev–Trinajstić information content (AvgIpc) is 4.22. The lowest BCUT2D eigenvalue weighted by Gasteiger charge is -2.36. The number of amides is 12. The summed E-state index contributed by atoms with van der Waals surface area (Å²) in [7, 11) is 0. The first-order valence-electron chi connectivity index (χ1n) is 30.1. The maximum Gasteiger partial charge on any atom is 0.248 e. The minimum Gasteiger partial charge on any atom is -0.394 e. The fraction of sp³-hybridized carbons (Fsp3) is 0.797. The molecule has 2 saturated heterocycles. The average molecular weight is 1190 g/mol. The first-order valence-corrected chi connectivity index (χ1v) is 30.1. The highest BCUT2D eigenvalue weighted by molar-refractivity contribution is 6.01. The normalized spacial score (nSPS) is 18.5. The third kappa shape index (κ3) is 22.2. The van der Waals surface area contributed by atoms with Crippen LogP contribution in [0.25, 0.3) is 0 Å². The van der Waals surface area contributed by atoms with Crippen LogP contribution in [-0.2, 0) is 57.5 Å². The summed E-state index contributed by atoms with van der Waals surface area (Å²) in [6.45, 7) is 28.7. The number of nitrogens with zero attached hydrogens (tertiary/aromatic N) is 2. The predicted octanol–water partition coefficient (Wildman–Crippen LogP) is 1.07. The van der Waals surface area contributed by atoms with Crippen molar-refractivity contribution in [3.63, 3.8) is 0 Å². The van der Waals surface area contributed by atoms with Gasteiger partial charge in [0, 0.05) is 26.4 Å². The molecule has 12 N–H and O–H groups in total. The molecule has 0 aromatic rings. The third-order valence-electron chi connectivity index (χ3n) is 15.5. The van der Waals surface area contributed by atoms with Crippen molar-refractivity contribution in [3.05, 3.63) is 0 Å². The van der Waals surface area contributed by atoms with Crippen molar-refractivity contribution in [1.29, 1.82) is 0 Å².